The molecule has 0 unspecified atom stereocenters. The number of carbonyl (C=O) groups excluding carboxylic acids is 2. The van der Waals surface area contributed by atoms with Crippen molar-refractivity contribution in [2.75, 3.05) is 38.3 Å². The molecule has 0 fully saturated rings. The zero-order chi connectivity index (χ0) is 25.8. The maximum absolute atomic E-state index is 14.2. The number of hydrogen-bond donors (Lipinski definition) is 3. The maximum Gasteiger partial charge on any atom is 0.255 e. The summed E-state index contributed by atoms with van der Waals surface area (Å²) < 4.78 is 25.8. The van der Waals surface area contributed by atoms with Gasteiger partial charge in [0.15, 0.2) is 0 Å². The molecule has 0 aliphatic rings. The fourth-order valence-electron chi connectivity index (χ4n) is 3.55. The van der Waals surface area contributed by atoms with E-state index in [1.165, 1.54) is 24.4 Å². The summed E-state index contributed by atoms with van der Waals surface area (Å²) in [6.07, 6.45) is 1.51. The molecule has 0 saturated carbocycles. The zero-order valence-corrected chi connectivity index (χ0v) is 20.2. The molecule has 186 valence electrons. The Bertz CT molecular complexity index is 1440. The van der Waals surface area contributed by atoms with Crippen LogP contribution >= 0.6 is 0 Å². The predicted octanol–water partition coefficient (Wildman–Crippen LogP) is 4.07. The summed E-state index contributed by atoms with van der Waals surface area (Å²) >= 11 is 0. The molecule has 0 aliphatic carbocycles. The molecule has 0 spiro atoms. The molecular weight excluding hydrogens is 467 g/mol. The Morgan fingerprint density at radius 2 is 1.94 bits per heavy atom. The Kier molecular flexibility index (Phi) is 7.11. The van der Waals surface area contributed by atoms with E-state index in [1.54, 1.807) is 57.2 Å². The number of fused-ring (bicyclic) bond motifs is 1. The Balaban J connectivity index is 1.50. The molecule has 0 saturated heterocycles. The first-order valence-electron chi connectivity index (χ1n) is 11.0. The van der Waals surface area contributed by atoms with Gasteiger partial charge in [0.25, 0.3) is 5.91 Å². The van der Waals surface area contributed by atoms with E-state index in [9.17, 15) is 14.0 Å². The minimum Gasteiger partial charge on any atom is -0.460 e. The van der Waals surface area contributed by atoms with E-state index in [0.717, 1.165) is 0 Å². The van der Waals surface area contributed by atoms with Crippen LogP contribution in [0.3, 0.4) is 0 Å². The Morgan fingerprint density at radius 3 is 2.69 bits per heavy atom. The van der Waals surface area contributed by atoms with Crippen molar-refractivity contribution in [2.24, 2.45) is 0 Å². The molecule has 2 aromatic heterocycles. The number of benzene rings is 2. The van der Waals surface area contributed by atoms with E-state index in [4.69, 9.17) is 9.15 Å². The molecule has 2 heterocycles. The lowest BCUT2D eigenvalue weighted by Crippen LogP contribution is -2.27. The highest BCUT2D eigenvalue weighted by Crippen LogP contribution is 2.31. The summed E-state index contributed by atoms with van der Waals surface area (Å²) in [6.45, 7) is 1.85. The van der Waals surface area contributed by atoms with Crippen LogP contribution in [0.1, 0.15) is 16.1 Å². The van der Waals surface area contributed by atoms with Crippen molar-refractivity contribution in [3.63, 3.8) is 0 Å². The van der Waals surface area contributed by atoms with Crippen LogP contribution in [0.2, 0.25) is 0 Å². The Morgan fingerprint density at radius 1 is 1.14 bits per heavy atom. The number of halogens is 1. The third-order valence-corrected chi connectivity index (χ3v) is 5.10. The fraction of sp³-hybridized carbons (Fsp3) is 0.200. The smallest absolute Gasteiger partial charge is 0.255 e. The lowest BCUT2D eigenvalue weighted by atomic mass is 10.1. The first-order chi connectivity index (χ1) is 17.2. The largest absolute Gasteiger partial charge is 0.460 e. The van der Waals surface area contributed by atoms with Gasteiger partial charge >= 0.3 is 0 Å². The van der Waals surface area contributed by atoms with Gasteiger partial charge in [-0.2, -0.15) is 4.98 Å². The van der Waals surface area contributed by atoms with Crippen molar-refractivity contribution in [2.45, 2.75) is 6.92 Å². The summed E-state index contributed by atoms with van der Waals surface area (Å²) in [7, 11) is 5.05. The van der Waals surface area contributed by atoms with Crippen molar-refractivity contribution in [1.29, 1.82) is 0 Å². The minimum atomic E-state index is -0.561. The first-order valence-corrected chi connectivity index (χ1v) is 11.0. The van der Waals surface area contributed by atoms with Crippen LogP contribution in [0.4, 0.5) is 21.7 Å². The highest BCUT2D eigenvalue weighted by molar-refractivity contribution is 6.07. The highest BCUT2D eigenvalue weighted by Gasteiger charge is 2.18. The SMILES string of the molecule is CNC(=O)c1c(C)oc2cc(Oc3ccnc(Nc4ccc(F)c(NC(=O)CN(C)C)c4)n3)ccc12. The van der Waals surface area contributed by atoms with Crippen molar-refractivity contribution in [3.05, 3.63) is 65.8 Å². The number of ether oxygens (including phenoxy) is 1. The number of anilines is 3. The number of nitrogens with one attached hydrogen (secondary N) is 3. The lowest BCUT2D eigenvalue weighted by Gasteiger charge is -2.12. The van der Waals surface area contributed by atoms with Crippen LogP contribution in [0.15, 0.2) is 53.1 Å². The molecule has 3 N–H and O–H groups in total. The number of carbonyl (C=O) groups is 2. The number of hydrogen-bond acceptors (Lipinski definition) is 8. The van der Waals surface area contributed by atoms with Crippen molar-refractivity contribution >= 4 is 40.1 Å². The minimum absolute atomic E-state index is 0.0393. The first kappa shape index (κ1) is 24.6. The maximum atomic E-state index is 14.2. The Hall–Kier alpha value is -4.51. The van der Waals surface area contributed by atoms with Crippen molar-refractivity contribution in [1.82, 2.24) is 20.2 Å². The lowest BCUT2D eigenvalue weighted by molar-refractivity contribution is -0.116. The molecule has 0 aliphatic heterocycles. The number of rotatable bonds is 8. The molecule has 4 rings (SSSR count). The van der Waals surface area contributed by atoms with Crippen molar-refractivity contribution < 1.29 is 23.1 Å². The number of aromatic nitrogens is 2. The van der Waals surface area contributed by atoms with Gasteiger partial charge in [0.1, 0.15) is 22.9 Å². The summed E-state index contributed by atoms with van der Waals surface area (Å²) in [5.41, 5.74) is 1.50. The topological polar surface area (TPSA) is 122 Å². The van der Waals surface area contributed by atoms with Gasteiger partial charge in [0.2, 0.25) is 17.7 Å². The number of amides is 2. The second kappa shape index (κ2) is 10.4. The van der Waals surface area contributed by atoms with Gasteiger partial charge in [0.05, 0.1) is 17.8 Å². The summed E-state index contributed by atoms with van der Waals surface area (Å²) in [5, 5.41) is 8.81. The van der Waals surface area contributed by atoms with E-state index in [-0.39, 0.29) is 35.9 Å². The second-order valence-electron chi connectivity index (χ2n) is 8.20. The van der Waals surface area contributed by atoms with E-state index in [0.29, 0.717) is 33.7 Å². The van der Waals surface area contributed by atoms with E-state index in [2.05, 4.69) is 25.9 Å². The van der Waals surface area contributed by atoms with Gasteiger partial charge in [-0.1, -0.05) is 0 Å². The monoisotopic (exact) mass is 492 g/mol. The quantitative estimate of drug-likeness (QED) is 0.337. The number of likely N-dealkylation sites (N-methyl/N-ethyl adjacent to an activating group) is 1. The molecule has 10 nitrogen and oxygen atoms in total. The summed E-state index contributed by atoms with van der Waals surface area (Å²) in [4.78, 5) is 34.3. The molecular formula is C25H25FN6O4. The van der Waals surface area contributed by atoms with Crippen LogP contribution in [-0.4, -0.2) is 54.4 Å². The molecule has 11 heteroatoms. The van der Waals surface area contributed by atoms with Gasteiger partial charge in [-0.15, -0.1) is 0 Å². The molecule has 2 amide bonds. The fourth-order valence-corrected chi connectivity index (χ4v) is 3.55. The van der Waals surface area contributed by atoms with Crippen LogP contribution in [-0.2, 0) is 4.79 Å². The molecule has 0 bridgehead atoms. The van der Waals surface area contributed by atoms with E-state index >= 15 is 0 Å². The van der Waals surface area contributed by atoms with Gasteiger partial charge in [-0.3, -0.25) is 9.59 Å². The number of aryl methyl sites for hydroxylation is 1. The summed E-state index contributed by atoms with van der Waals surface area (Å²) in [6, 6.07) is 10.9. The normalized spacial score (nSPS) is 10.9. The zero-order valence-electron chi connectivity index (χ0n) is 20.2. The molecule has 0 atom stereocenters. The van der Waals surface area contributed by atoms with Crippen molar-refractivity contribution in [3.8, 4) is 11.6 Å². The van der Waals surface area contributed by atoms with Gasteiger partial charge in [0, 0.05) is 36.5 Å². The van der Waals surface area contributed by atoms with Gasteiger partial charge in [-0.25, -0.2) is 9.37 Å². The van der Waals surface area contributed by atoms with Gasteiger partial charge < -0.3 is 30.0 Å². The molecule has 36 heavy (non-hydrogen) atoms. The van der Waals surface area contributed by atoms with E-state index in [1.807, 2.05) is 0 Å². The number of furan rings is 1. The molecule has 2 aromatic carbocycles. The standard InChI is InChI=1S/C25H25FN6O4/c1-14-23(24(34)27-2)17-7-6-16(12-20(17)35-14)36-22-9-10-28-25(31-22)29-15-5-8-18(26)19(11-15)30-21(33)13-32(3)4/h5-12H,13H2,1-4H3,(H,27,34)(H,30,33)(H,28,29,31). The van der Waals surface area contributed by atoms with Gasteiger partial charge in [-0.05, 0) is 51.4 Å². The highest BCUT2D eigenvalue weighted by atomic mass is 19.1. The second-order valence-corrected chi connectivity index (χ2v) is 8.20. The van der Waals surface area contributed by atoms with Crippen LogP contribution in [0.25, 0.3) is 11.0 Å². The predicted molar refractivity (Wildman–Crippen MR) is 133 cm³/mol. The van der Waals surface area contributed by atoms with E-state index < -0.39 is 5.82 Å². The molecule has 4 aromatic rings. The van der Waals surface area contributed by atoms with Crippen LogP contribution < -0.4 is 20.7 Å². The average Bonchev–Trinajstić information content (AvgIpc) is 3.15. The Labute approximate surface area is 206 Å². The third-order valence-electron chi connectivity index (χ3n) is 5.10. The average molecular weight is 493 g/mol. The van der Waals surface area contributed by atoms with Crippen LogP contribution in [0, 0.1) is 12.7 Å². The van der Waals surface area contributed by atoms with Crippen LogP contribution in [0.5, 0.6) is 11.6 Å². The molecule has 0 radical (unpaired) electrons. The third kappa shape index (κ3) is 5.58. The summed E-state index contributed by atoms with van der Waals surface area (Å²) in [5.74, 6) is 0.295. The number of nitrogens with zero attached hydrogens (tertiary/aromatic N) is 3.